The van der Waals surface area contributed by atoms with Crippen LogP contribution in [0.5, 0.6) is 11.5 Å². The second-order valence-corrected chi connectivity index (χ2v) is 7.94. The van der Waals surface area contributed by atoms with Crippen molar-refractivity contribution in [3.8, 4) is 22.6 Å². The molecule has 0 atom stereocenters. The molecule has 0 radical (unpaired) electrons. The van der Waals surface area contributed by atoms with Gasteiger partial charge in [-0.3, -0.25) is 0 Å². The van der Waals surface area contributed by atoms with Crippen LogP contribution in [0.15, 0.2) is 30.3 Å². The quantitative estimate of drug-likeness (QED) is 0.569. The maximum absolute atomic E-state index is 12.5. The molecular weight excluding hydrogens is 364 g/mol. The largest absolute Gasteiger partial charge is 0.507 e. The van der Waals surface area contributed by atoms with E-state index in [0.29, 0.717) is 11.1 Å². The lowest BCUT2D eigenvalue weighted by atomic mass is 9.93. The predicted octanol–water partition coefficient (Wildman–Crippen LogP) is 5.11. The third kappa shape index (κ3) is 5.03. The highest BCUT2D eigenvalue weighted by Crippen LogP contribution is 2.42. The van der Waals surface area contributed by atoms with Crippen LogP contribution >= 0.6 is 0 Å². The first-order chi connectivity index (χ1) is 14.0. The molecule has 1 saturated heterocycles. The Morgan fingerprint density at radius 2 is 1.90 bits per heavy atom. The van der Waals surface area contributed by atoms with Crippen LogP contribution in [0.1, 0.15) is 55.7 Å². The maximum atomic E-state index is 12.5. The Balaban J connectivity index is 1.92. The Labute approximate surface area is 173 Å². The summed E-state index contributed by atoms with van der Waals surface area (Å²) < 4.78 is 0. The zero-order valence-corrected chi connectivity index (χ0v) is 17.5. The van der Waals surface area contributed by atoms with Crippen molar-refractivity contribution in [2.45, 2.75) is 58.9 Å². The number of phenolic OH excluding ortho intramolecular Hbond substituents is 2. The van der Waals surface area contributed by atoms with Gasteiger partial charge in [-0.2, -0.15) is 0 Å². The van der Waals surface area contributed by atoms with Gasteiger partial charge >= 0.3 is 6.03 Å². The van der Waals surface area contributed by atoms with Crippen molar-refractivity contribution >= 4 is 6.03 Å². The van der Waals surface area contributed by atoms with E-state index in [4.69, 9.17) is 0 Å². The van der Waals surface area contributed by atoms with Crippen molar-refractivity contribution in [1.82, 2.24) is 10.2 Å². The molecule has 156 valence electrons. The summed E-state index contributed by atoms with van der Waals surface area (Å²) in [6, 6.07) is 9.38. The van der Waals surface area contributed by atoms with Crippen molar-refractivity contribution in [1.29, 1.82) is 0 Å². The summed E-state index contributed by atoms with van der Waals surface area (Å²) in [5.74, 6) is 0.137. The molecule has 5 heteroatoms. The number of amides is 2. The van der Waals surface area contributed by atoms with Crippen LogP contribution in [-0.4, -0.2) is 34.2 Å². The van der Waals surface area contributed by atoms with Crippen LogP contribution in [0, 0.1) is 6.92 Å². The Bertz CT molecular complexity index is 857. The lowest BCUT2D eigenvalue weighted by molar-refractivity contribution is 0.208. The summed E-state index contributed by atoms with van der Waals surface area (Å²) >= 11 is 0. The van der Waals surface area contributed by atoms with Gasteiger partial charge in [0.05, 0.1) is 5.56 Å². The van der Waals surface area contributed by atoms with Crippen LogP contribution in [0.3, 0.4) is 0 Å². The van der Waals surface area contributed by atoms with Gasteiger partial charge in [0.25, 0.3) is 0 Å². The highest BCUT2D eigenvalue weighted by molar-refractivity contribution is 5.80. The van der Waals surface area contributed by atoms with Gasteiger partial charge in [0.1, 0.15) is 11.5 Å². The smallest absolute Gasteiger partial charge is 0.317 e. The van der Waals surface area contributed by atoms with Crippen molar-refractivity contribution < 1.29 is 15.0 Å². The topological polar surface area (TPSA) is 72.8 Å². The Morgan fingerprint density at radius 1 is 1.14 bits per heavy atom. The number of nitrogens with zero attached hydrogens (tertiary/aromatic N) is 1. The number of carbonyl (C=O) groups excluding carboxylic acids is 1. The summed E-state index contributed by atoms with van der Waals surface area (Å²) in [5, 5.41) is 24.8. The molecule has 1 heterocycles. The highest BCUT2D eigenvalue weighted by Gasteiger charge is 2.21. The molecule has 0 aromatic heterocycles. The second kappa shape index (κ2) is 9.68. The van der Waals surface area contributed by atoms with E-state index in [0.717, 1.165) is 68.3 Å². The standard InChI is InChI=1S/C24H32N2O3/c1-3-4-5-10-18-15-21(27)22(19-11-8-9-17(2)14-19)23(28)20(18)16-25-24(29)26-12-6-7-13-26/h8-9,11,14-15,27-28H,3-7,10,12-13,16H2,1-2H3,(H,25,29). The summed E-state index contributed by atoms with van der Waals surface area (Å²) in [5.41, 5.74) is 3.84. The number of hydrogen-bond acceptors (Lipinski definition) is 3. The van der Waals surface area contributed by atoms with E-state index in [1.54, 1.807) is 6.07 Å². The average molecular weight is 397 g/mol. The molecule has 3 N–H and O–H groups in total. The molecule has 2 aromatic carbocycles. The van der Waals surface area contributed by atoms with Gasteiger partial charge in [-0.1, -0.05) is 49.6 Å². The summed E-state index contributed by atoms with van der Waals surface area (Å²) in [6.45, 7) is 5.94. The normalized spacial score (nSPS) is 13.7. The van der Waals surface area contributed by atoms with Gasteiger partial charge in [-0.25, -0.2) is 4.79 Å². The fourth-order valence-electron chi connectivity index (χ4n) is 4.02. The van der Waals surface area contributed by atoms with Crippen molar-refractivity contribution in [3.05, 3.63) is 47.0 Å². The van der Waals surface area contributed by atoms with Crippen LogP contribution in [0.4, 0.5) is 4.79 Å². The zero-order valence-electron chi connectivity index (χ0n) is 17.5. The molecule has 2 amide bonds. The number of unbranched alkanes of at least 4 members (excludes halogenated alkanes) is 2. The van der Waals surface area contributed by atoms with Crippen LogP contribution < -0.4 is 5.32 Å². The van der Waals surface area contributed by atoms with E-state index in [1.807, 2.05) is 36.1 Å². The SMILES string of the molecule is CCCCCc1cc(O)c(-c2cccc(C)c2)c(O)c1CNC(=O)N1CCCC1. The molecule has 1 aliphatic rings. The van der Waals surface area contributed by atoms with Gasteiger partial charge in [0.2, 0.25) is 0 Å². The van der Waals surface area contributed by atoms with Gasteiger partial charge < -0.3 is 20.4 Å². The maximum Gasteiger partial charge on any atom is 0.317 e. The number of likely N-dealkylation sites (tertiary alicyclic amines) is 1. The van der Waals surface area contributed by atoms with E-state index in [9.17, 15) is 15.0 Å². The van der Waals surface area contributed by atoms with Gasteiger partial charge in [0, 0.05) is 25.2 Å². The highest BCUT2D eigenvalue weighted by atomic mass is 16.3. The molecule has 3 rings (SSSR count). The minimum Gasteiger partial charge on any atom is -0.507 e. The Hall–Kier alpha value is -2.69. The summed E-state index contributed by atoms with van der Waals surface area (Å²) in [4.78, 5) is 14.3. The molecule has 0 unspecified atom stereocenters. The number of urea groups is 1. The average Bonchev–Trinajstić information content (AvgIpc) is 3.22. The number of benzene rings is 2. The van der Waals surface area contributed by atoms with E-state index in [1.165, 1.54) is 0 Å². The first kappa shape index (κ1) is 21.0. The fraction of sp³-hybridized carbons (Fsp3) is 0.458. The second-order valence-electron chi connectivity index (χ2n) is 7.94. The van der Waals surface area contributed by atoms with E-state index in [2.05, 4.69) is 12.2 Å². The molecule has 0 bridgehead atoms. The monoisotopic (exact) mass is 396 g/mol. The zero-order chi connectivity index (χ0) is 20.8. The Morgan fingerprint density at radius 3 is 2.59 bits per heavy atom. The number of nitrogens with one attached hydrogen (secondary N) is 1. The molecular formula is C24H32N2O3. The number of carbonyl (C=O) groups is 1. The number of rotatable bonds is 7. The van der Waals surface area contributed by atoms with Gasteiger partial charge in [-0.15, -0.1) is 0 Å². The minimum atomic E-state index is -0.0911. The number of aryl methyl sites for hydroxylation is 2. The first-order valence-corrected chi connectivity index (χ1v) is 10.7. The third-order valence-electron chi connectivity index (χ3n) is 5.64. The van der Waals surface area contributed by atoms with Gasteiger partial charge in [-0.05, 0) is 49.8 Å². The van der Waals surface area contributed by atoms with Gasteiger partial charge in [0.15, 0.2) is 0 Å². The van der Waals surface area contributed by atoms with E-state index < -0.39 is 0 Å². The number of hydrogen-bond donors (Lipinski definition) is 3. The fourth-order valence-corrected chi connectivity index (χ4v) is 4.02. The third-order valence-corrected chi connectivity index (χ3v) is 5.64. The van der Waals surface area contributed by atoms with Crippen LogP contribution in [0.25, 0.3) is 11.1 Å². The van der Waals surface area contributed by atoms with Crippen molar-refractivity contribution in [3.63, 3.8) is 0 Å². The van der Waals surface area contributed by atoms with Crippen molar-refractivity contribution in [2.75, 3.05) is 13.1 Å². The Kier molecular flexibility index (Phi) is 7.02. The molecule has 29 heavy (non-hydrogen) atoms. The summed E-state index contributed by atoms with van der Waals surface area (Å²) in [7, 11) is 0. The number of phenols is 2. The van der Waals surface area contributed by atoms with Crippen LogP contribution in [0.2, 0.25) is 0 Å². The molecule has 2 aromatic rings. The molecule has 5 nitrogen and oxygen atoms in total. The predicted molar refractivity (Wildman–Crippen MR) is 116 cm³/mol. The molecule has 1 aliphatic heterocycles. The molecule has 0 spiro atoms. The molecule has 0 saturated carbocycles. The molecule has 0 aliphatic carbocycles. The first-order valence-electron chi connectivity index (χ1n) is 10.7. The number of aromatic hydroxyl groups is 2. The van der Waals surface area contributed by atoms with E-state index in [-0.39, 0.29) is 24.1 Å². The minimum absolute atomic E-state index is 0.0591. The lowest BCUT2D eigenvalue weighted by Crippen LogP contribution is -2.37. The molecule has 1 fully saturated rings. The van der Waals surface area contributed by atoms with E-state index >= 15 is 0 Å². The lowest BCUT2D eigenvalue weighted by Gasteiger charge is -2.20. The van der Waals surface area contributed by atoms with Crippen molar-refractivity contribution in [2.24, 2.45) is 0 Å². The summed E-state index contributed by atoms with van der Waals surface area (Å²) in [6.07, 6.45) is 6.00. The van der Waals surface area contributed by atoms with Crippen LogP contribution in [-0.2, 0) is 13.0 Å².